The molecule has 0 aromatic heterocycles. The van der Waals surface area contributed by atoms with Crippen LogP contribution < -0.4 is 4.74 Å². The summed E-state index contributed by atoms with van der Waals surface area (Å²) in [4.78, 5) is 0. The van der Waals surface area contributed by atoms with Crippen molar-refractivity contribution in [2.75, 3.05) is 0 Å². The molecule has 0 amide bonds. The molecule has 0 spiro atoms. The fourth-order valence-corrected chi connectivity index (χ4v) is 3.24. The minimum absolute atomic E-state index is 0.00109. The molecule has 0 aliphatic rings. The highest BCUT2D eigenvalue weighted by Crippen LogP contribution is 2.37. The lowest BCUT2D eigenvalue weighted by Gasteiger charge is -2.12. The van der Waals surface area contributed by atoms with Crippen molar-refractivity contribution in [1.29, 1.82) is 0 Å². The molecule has 0 saturated carbocycles. The van der Waals surface area contributed by atoms with Crippen LogP contribution in [0.25, 0.3) is 22.8 Å². The van der Waals surface area contributed by atoms with E-state index in [0.717, 1.165) is 30.5 Å². The van der Waals surface area contributed by atoms with Gasteiger partial charge < -0.3 is 4.74 Å². The van der Waals surface area contributed by atoms with Gasteiger partial charge in [0.15, 0.2) is 23.3 Å². The van der Waals surface area contributed by atoms with Gasteiger partial charge in [0.2, 0.25) is 5.75 Å². The van der Waals surface area contributed by atoms with Crippen LogP contribution in [0.1, 0.15) is 30.0 Å². The number of ether oxygens (including phenoxy) is 1. The van der Waals surface area contributed by atoms with Gasteiger partial charge in [-0.05, 0) is 47.4 Å². The van der Waals surface area contributed by atoms with E-state index in [1.165, 1.54) is 0 Å². The third kappa shape index (κ3) is 5.55. The van der Waals surface area contributed by atoms with Gasteiger partial charge >= 0.3 is 6.36 Å². The molecule has 10 heteroatoms. The zero-order valence-electron chi connectivity index (χ0n) is 17.3. The summed E-state index contributed by atoms with van der Waals surface area (Å²) in [6.07, 6.45) is -3.77. The van der Waals surface area contributed by atoms with Crippen molar-refractivity contribution in [2.45, 2.75) is 26.1 Å². The molecule has 0 unspecified atom stereocenters. The molecule has 0 atom stereocenters. The van der Waals surface area contributed by atoms with Gasteiger partial charge in [-0.25, -0.2) is 26.3 Å². The number of benzene rings is 3. The summed E-state index contributed by atoms with van der Waals surface area (Å²) in [7, 11) is 0. The summed E-state index contributed by atoms with van der Waals surface area (Å²) in [6.45, 7) is 1.98. The van der Waals surface area contributed by atoms with E-state index in [2.05, 4.69) is 4.74 Å². The van der Waals surface area contributed by atoms with E-state index in [9.17, 15) is 39.5 Å². The molecular weight excluding hydrogens is 475 g/mol. The highest BCUT2D eigenvalue weighted by molar-refractivity contribution is 5.84. The predicted molar refractivity (Wildman–Crippen MR) is 108 cm³/mol. The quantitative estimate of drug-likeness (QED) is 0.249. The first kappa shape index (κ1) is 25.2. The molecule has 34 heavy (non-hydrogen) atoms. The van der Waals surface area contributed by atoms with Crippen LogP contribution in [0, 0.1) is 23.3 Å². The number of alkyl halides is 3. The Morgan fingerprint density at radius 1 is 0.735 bits per heavy atom. The lowest BCUT2D eigenvalue weighted by molar-refractivity contribution is -0.276. The first-order valence-corrected chi connectivity index (χ1v) is 9.80. The molecule has 0 radical (unpaired) electrons. The molecule has 0 heterocycles. The summed E-state index contributed by atoms with van der Waals surface area (Å²) in [6, 6.07) is 8.20. The van der Waals surface area contributed by atoms with Crippen molar-refractivity contribution >= 4 is 11.7 Å². The van der Waals surface area contributed by atoms with Crippen molar-refractivity contribution < 1.29 is 44.3 Å². The first-order chi connectivity index (χ1) is 15.9. The van der Waals surface area contributed by atoms with Gasteiger partial charge in [0.25, 0.3) is 0 Å². The Balaban J connectivity index is 2.00. The highest BCUT2D eigenvalue weighted by Gasteiger charge is 2.34. The van der Waals surface area contributed by atoms with Crippen LogP contribution in [-0.4, -0.2) is 6.36 Å². The van der Waals surface area contributed by atoms with Crippen LogP contribution in [-0.2, 0) is 6.42 Å². The van der Waals surface area contributed by atoms with Gasteiger partial charge in [-0.15, -0.1) is 13.2 Å². The number of halogens is 9. The molecule has 3 aromatic carbocycles. The molecule has 3 rings (SSSR count). The molecule has 0 fully saturated rings. The van der Waals surface area contributed by atoms with Crippen LogP contribution >= 0.6 is 0 Å². The molecule has 0 bridgehead atoms. The van der Waals surface area contributed by atoms with Gasteiger partial charge in [0.05, 0.1) is 5.56 Å². The summed E-state index contributed by atoms with van der Waals surface area (Å²) < 4.78 is 126. The van der Waals surface area contributed by atoms with E-state index in [1.54, 1.807) is 24.3 Å². The van der Waals surface area contributed by atoms with E-state index in [4.69, 9.17) is 0 Å². The van der Waals surface area contributed by atoms with E-state index >= 15 is 0 Å². The van der Waals surface area contributed by atoms with Crippen LogP contribution in [0.5, 0.6) is 5.75 Å². The maximum atomic E-state index is 14.6. The Bertz CT molecular complexity index is 1180. The Morgan fingerprint density at radius 3 is 1.74 bits per heavy atom. The molecule has 0 saturated heterocycles. The van der Waals surface area contributed by atoms with E-state index in [0.29, 0.717) is 5.56 Å². The molecule has 0 aliphatic heterocycles. The second kappa shape index (κ2) is 9.82. The van der Waals surface area contributed by atoms with Crippen molar-refractivity contribution in [1.82, 2.24) is 0 Å². The number of hydrogen-bond donors (Lipinski definition) is 0. The van der Waals surface area contributed by atoms with E-state index < -0.39 is 58.2 Å². The fourth-order valence-electron chi connectivity index (χ4n) is 3.24. The summed E-state index contributed by atoms with van der Waals surface area (Å²) >= 11 is 0. The zero-order chi connectivity index (χ0) is 25.2. The lowest BCUT2D eigenvalue weighted by atomic mass is 9.99. The Morgan fingerprint density at radius 2 is 1.26 bits per heavy atom. The van der Waals surface area contributed by atoms with Crippen molar-refractivity contribution in [3.63, 3.8) is 0 Å². The Hall–Kier alpha value is -3.43. The smallest absolute Gasteiger partial charge is 0.399 e. The van der Waals surface area contributed by atoms with Gasteiger partial charge in [-0.1, -0.05) is 37.6 Å². The van der Waals surface area contributed by atoms with E-state index in [1.807, 2.05) is 6.92 Å². The fraction of sp³-hybridized carbons (Fsp3) is 0.167. The second-order valence-electron chi connectivity index (χ2n) is 7.21. The maximum absolute atomic E-state index is 14.6. The van der Waals surface area contributed by atoms with Crippen molar-refractivity contribution in [2.24, 2.45) is 0 Å². The molecular formula is C24H15F9O. The molecule has 180 valence electrons. The molecule has 1 nitrogen and oxygen atoms in total. The largest absolute Gasteiger partial charge is 0.573 e. The average Bonchev–Trinajstić information content (AvgIpc) is 2.75. The minimum atomic E-state index is -5.45. The monoisotopic (exact) mass is 490 g/mol. The molecule has 0 N–H and O–H groups in total. The molecule has 0 aliphatic carbocycles. The van der Waals surface area contributed by atoms with Crippen molar-refractivity contribution in [3.8, 4) is 16.9 Å². The molecule has 3 aromatic rings. The zero-order valence-corrected chi connectivity index (χ0v) is 17.3. The summed E-state index contributed by atoms with van der Waals surface area (Å²) in [5.41, 5.74) is -1.25. The van der Waals surface area contributed by atoms with Crippen LogP contribution in [0.2, 0.25) is 0 Å². The van der Waals surface area contributed by atoms with Crippen LogP contribution in [0.3, 0.4) is 0 Å². The lowest BCUT2D eigenvalue weighted by Crippen LogP contribution is -2.19. The predicted octanol–water partition coefficient (Wildman–Crippen LogP) is 8.53. The Labute approximate surface area is 188 Å². The van der Waals surface area contributed by atoms with Crippen LogP contribution in [0.15, 0.2) is 48.5 Å². The average molecular weight is 490 g/mol. The SMILES string of the molecule is CCCc1ccc(-c2cc(F)c(C(F)=C(F)c3cc(F)c(OC(F)(F)F)c(F)c3)c(F)c2)cc1. The number of aryl methyl sites for hydroxylation is 1. The number of hydrogen-bond acceptors (Lipinski definition) is 1. The first-order valence-electron chi connectivity index (χ1n) is 9.80. The van der Waals surface area contributed by atoms with Crippen LogP contribution in [0.4, 0.5) is 39.5 Å². The topological polar surface area (TPSA) is 9.23 Å². The van der Waals surface area contributed by atoms with Gasteiger partial charge in [0.1, 0.15) is 11.6 Å². The summed E-state index contributed by atoms with van der Waals surface area (Å²) in [5.74, 6) is -13.1. The third-order valence-corrected chi connectivity index (χ3v) is 4.75. The highest BCUT2D eigenvalue weighted by atomic mass is 19.4. The van der Waals surface area contributed by atoms with Crippen molar-refractivity contribution in [3.05, 3.63) is 88.5 Å². The normalized spacial score (nSPS) is 12.5. The minimum Gasteiger partial charge on any atom is -0.399 e. The third-order valence-electron chi connectivity index (χ3n) is 4.75. The van der Waals surface area contributed by atoms with Gasteiger partial charge in [-0.3, -0.25) is 0 Å². The standard InChI is InChI=1S/C24H15F9O/c1-2-3-12-4-6-13(7-5-12)14-8-16(25)20(17(26)9-14)22(30)21(29)15-10-18(27)23(19(28)11-15)34-24(31,32)33/h4-11H,2-3H2,1H3. The van der Waals surface area contributed by atoms with Gasteiger partial charge in [-0.2, -0.15) is 0 Å². The number of rotatable bonds is 6. The maximum Gasteiger partial charge on any atom is 0.573 e. The van der Waals surface area contributed by atoms with E-state index in [-0.39, 0.29) is 17.7 Å². The second-order valence-corrected chi connectivity index (χ2v) is 7.21. The summed E-state index contributed by atoms with van der Waals surface area (Å²) in [5, 5.41) is 0. The Kier molecular flexibility index (Phi) is 7.28. The van der Waals surface area contributed by atoms with Gasteiger partial charge in [0, 0.05) is 5.56 Å².